The Bertz CT molecular complexity index is 307. The molecular weight excluding hydrogens is 174 g/mol. The third-order valence-corrected chi connectivity index (χ3v) is 2.67. The second-order valence-electron chi connectivity index (χ2n) is 3.38. The molecule has 2 nitrogen and oxygen atoms in total. The molecule has 2 heteroatoms. The average Bonchev–Trinajstić information content (AvgIpc) is 2.65. The fourth-order valence-corrected chi connectivity index (χ4v) is 1.84. The number of hydrogen-bond acceptors (Lipinski definition) is 2. The minimum Gasteiger partial charge on any atom is -0.476 e. The topological polar surface area (TPSA) is 12.5 Å². The number of fused-ring (bicyclic) bond motifs is 1. The van der Waals surface area contributed by atoms with E-state index in [2.05, 4.69) is 31.4 Å². The molecule has 0 fully saturated rings. The first-order valence-corrected chi connectivity index (χ1v) is 5.12. The summed E-state index contributed by atoms with van der Waals surface area (Å²) in [6.45, 7) is 9.41. The van der Waals surface area contributed by atoms with Gasteiger partial charge in [0.25, 0.3) is 0 Å². The Morgan fingerprint density at radius 1 is 1.29 bits per heavy atom. The Balaban J connectivity index is 2.25. The van der Waals surface area contributed by atoms with Crippen LogP contribution in [-0.2, 0) is 0 Å². The lowest BCUT2D eigenvalue weighted by atomic mass is 10.1. The van der Waals surface area contributed by atoms with Gasteiger partial charge in [-0.3, -0.25) is 4.90 Å². The van der Waals surface area contributed by atoms with Crippen LogP contribution in [0.2, 0.25) is 0 Å². The van der Waals surface area contributed by atoms with Crippen molar-refractivity contribution in [3.8, 4) is 5.75 Å². The Morgan fingerprint density at radius 2 is 2.00 bits per heavy atom. The predicted octanol–water partition coefficient (Wildman–Crippen LogP) is 2.50. The summed E-state index contributed by atoms with van der Waals surface area (Å²) in [4.78, 5) is 2.33. The summed E-state index contributed by atoms with van der Waals surface area (Å²) < 4.78 is 5.40. The Kier molecular flexibility index (Phi) is 2.73. The van der Waals surface area contributed by atoms with Gasteiger partial charge in [0.05, 0.1) is 6.04 Å². The van der Waals surface area contributed by atoms with Gasteiger partial charge in [-0.1, -0.05) is 32.0 Å². The molecule has 0 saturated carbocycles. The van der Waals surface area contributed by atoms with Crippen LogP contribution in [0.1, 0.15) is 25.5 Å². The van der Waals surface area contributed by atoms with E-state index in [0.717, 1.165) is 18.8 Å². The van der Waals surface area contributed by atoms with E-state index in [0.29, 0.717) is 0 Å². The quantitative estimate of drug-likeness (QED) is 0.724. The zero-order valence-electron chi connectivity index (χ0n) is 8.66. The zero-order chi connectivity index (χ0) is 9.97. The van der Waals surface area contributed by atoms with Crippen molar-refractivity contribution < 1.29 is 4.74 Å². The molecule has 1 atom stereocenters. The number of hydrogen-bond donors (Lipinski definition) is 0. The normalized spacial score (nSPS) is 19.5. The van der Waals surface area contributed by atoms with Crippen LogP contribution in [0.4, 0.5) is 0 Å². The maximum atomic E-state index is 5.40. The fraction of sp³-hybridized carbons (Fsp3) is 0.417. The van der Waals surface area contributed by atoms with Crippen LogP contribution in [0.3, 0.4) is 0 Å². The molecule has 0 spiro atoms. The molecule has 14 heavy (non-hydrogen) atoms. The van der Waals surface area contributed by atoms with Crippen molar-refractivity contribution in [2.24, 2.45) is 0 Å². The van der Waals surface area contributed by atoms with E-state index in [1.54, 1.807) is 0 Å². The first-order valence-electron chi connectivity index (χ1n) is 5.12. The summed E-state index contributed by atoms with van der Waals surface area (Å²) in [7, 11) is 0. The molecule has 1 aliphatic heterocycles. The Morgan fingerprint density at radius 3 is 2.71 bits per heavy atom. The lowest BCUT2D eigenvalue weighted by Crippen LogP contribution is -2.27. The molecule has 2 rings (SSSR count). The lowest BCUT2D eigenvalue weighted by Gasteiger charge is -2.23. The van der Waals surface area contributed by atoms with Gasteiger partial charge in [0.15, 0.2) is 0 Å². The van der Waals surface area contributed by atoms with Crippen molar-refractivity contribution in [1.29, 1.82) is 0 Å². The van der Waals surface area contributed by atoms with E-state index in [1.165, 1.54) is 5.56 Å². The minimum atomic E-state index is 0.209. The van der Waals surface area contributed by atoms with Crippen LogP contribution in [0.25, 0.3) is 0 Å². The van der Waals surface area contributed by atoms with Crippen molar-refractivity contribution in [3.05, 3.63) is 36.4 Å². The standard InChI is InChI=1S/C12H15NO/c1-3-13(4-2)11-9-14-12-8-6-5-7-10(11)12/h5-8,11H,3-4H2,1-2H3. The molecule has 2 radical (unpaired) electrons. The average molecular weight is 189 g/mol. The molecule has 0 aliphatic carbocycles. The van der Waals surface area contributed by atoms with Crippen molar-refractivity contribution in [2.45, 2.75) is 19.9 Å². The first-order chi connectivity index (χ1) is 6.86. The van der Waals surface area contributed by atoms with Gasteiger partial charge in [0, 0.05) is 5.56 Å². The van der Waals surface area contributed by atoms with Crippen LogP contribution < -0.4 is 4.74 Å². The van der Waals surface area contributed by atoms with Crippen molar-refractivity contribution >= 4 is 0 Å². The van der Waals surface area contributed by atoms with E-state index in [4.69, 9.17) is 4.74 Å². The summed E-state index contributed by atoms with van der Waals surface area (Å²) >= 11 is 0. The lowest BCUT2D eigenvalue weighted by molar-refractivity contribution is 0.218. The number of nitrogens with zero attached hydrogens (tertiary/aromatic N) is 1. The summed E-state index contributed by atoms with van der Waals surface area (Å²) in [5.74, 6) is 0.949. The molecule has 0 bridgehead atoms. The molecule has 74 valence electrons. The molecule has 0 N–H and O–H groups in total. The van der Waals surface area contributed by atoms with Gasteiger partial charge in [-0.2, -0.15) is 0 Å². The minimum absolute atomic E-state index is 0.209. The van der Waals surface area contributed by atoms with Crippen molar-refractivity contribution in [2.75, 3.05) is 13.1 Å². The number of ether oxygens (including phenoxy) is 1. The number of para-hydroxylation sites is 1. The van der Waals surface area contributed by atoms with Crippen molar-refractivity contribution in [1.82, 2.24) is 4.90 Å². The second-order valence-corrected chi connectivity index (χ2v) is 3.38. The zero-order valence-corrected chi connectivity index (χ0v) is 8.66. The maximum Gasteiger partial charge on any atom is 0.219 e. The SMILES string of the molecule is CCN(CC)C1[C]Oc2ccccc21. The third kappa shape index (κ3) is 1.50. The molecule has 1 heterocycles. The predicted molar refractivity (Wildman–Crippen MR) is 56.0 cm³/mol. The summed E-state index contributed by atoms with van der Waals surface area (Å²) in [5, 5.41) is 0. The molecule has 1 aromatic carbocycles. The van der Waals surface area contributed by atoms with Gasteiger partial charge in [0.1, 0.15) is 5.75 Å². The molecular formula is C12H15NO. The monoisotopic (exact) mass is 189 g/mol. The van der Waals surface area contributed by atoms with Crippen LogP contribution in [-0.4, -0.2) is 18.0 Å². The van der Waals surface area contributed by atoms with E-state index >= 15 is 0 Å². The van der Waals surface area contributed by atoms with E-state index in [1.807, 2.05) is 18.2 Å². The van der Waals surface area contributed by atoms with Gasteiger partial charge in [-0.15, -0.1) is 0 Å². The summed E-state index contributed by atoms with van der Waals surface area (Å²) in [6, 6.07) is 8.35. The van der Waals surface area contributed by atoms with E-state index < -0.39 is 0 Å². The van der Waals surface area contributed by atoms with E-state index in [-0.39, 0.29) is 6.04 Å². The molecule has 1 aliphatic rings. The highest BCUT2D eigenvalue weighted by atomic mass is 16.5. The maximum absolute atomic E-state index is 5.40. The largest absolute Gasteiger partial charge is 0.476 e. The third-order valence-electron chi connectivity index (χ3n) is 2.67. The Labute approximate surface area is 85.5 Å². The van der Waals surface area contributed by atoms with Crippen LogP contribution in [0, 0.1) is 6.61 Å². The molecule has 0 aromatic heterocycles. The summed E-state index contributed by atoms with van der Waals surface area (Å²) in [5.41, 5.74) is 1.23. The smallest absolute Gasteiger partial charge is 0.219 e. The van der Waals surface area contributed by atoms with Crippen LogP contribution in [0.15, 0.2) is 24.3 Å². The Hall–Kier alpha value is -1.02. The van der Waals surface area contributed by atoms with Gasteiger partial charge in [-0.25, -0.2) is 0 Å². The van der Waals surface area contributed by atoms with Crippen molar-refractivity contribution in [3.63, 3.8) is 0 Å². The van der Waals surface area contributed by atoms with Crippen LogP contribution >= 0.6 is 0 Å². The highest BCUT2D eigenvalue weighted by Gasteiger charge is 2.29. The number of likely N-dealkylation sites (N-methyl/N-ethyl adjacent to an activating group) is 1. The molecule has 0 saturated heterocycles. The highest BCUT2D eigenvalue weighted by molar-refractivity contribution is 5.41. The van der Waals surface area contributed by atoms with Gasteiger partial charge < -0.3 is 4.74 Å². The summed E-state index contributed by atoms with van der Waals surface area (Å²) in [6.07, 6.45) is 0. The van der Waals surface area contributed by atoms with Crippen LogP contribution in [0.5, 0.6) is 5.75 Å². The molecule has 0 amide bonds. The highest BCUT2D eigenvalue weighted by Crippen LogP contribution is 2.37. The molecule has 1 aromatic rings. The fourth-order valence-electron chi connectivity index (χ4n) is 1.84. The first kappa shape index (κ1) is 9.53. The van der Waals surface area contributed by atoms with E-state index in [9.17, 15) is 0 Å². The second kappa shape index (κ2) is 4.01. The number of benzene rings is 1. The molecule has 1 unspecified atom stereocenters. The van der Waals surface area contributed by atoms with Gasteiger partial charge >= 0.3 is 0 Å². The van der Waals surface area contributed by atoms with Gasteiger partial charge in [-0.05, 0) is 19.2 Å². The number of rotatable bonds is 3. The van der Waals surface area contributed by atoms with Gasteiger partial charge in [0.2, 0.25) is 6.61 Å².